The molecule has 0 aromatic carbocycles. The van der Waals surface area contributed by atoms with Crippen LogP contribution in [0.1, 0.15) is 6.92 Å². The fourth-order valence-electron chi connectivity index (χ4n) is 1.32. The molecule has 1 atom stereocenters. The van der Waals surface area contributed by atoms with E-state index in [1.165, 1.54) is 6.92 Å². The molecule has 0 heterocycles. The Hall–Kier alpha value is -2.34. The topological polar surface area (TPSA) is 87.9 Å². The average Bonchev–Trinajstić information content (AvgIpc) is 2.46. The Morgan fingerprint density at radius 2 is 1.23 bits per heavy atom. The zero-order chi connectivity index (χ0) is 17.5. The van der Waals surface area contributed by atoms with Crippen LogP contribution in [0.4, 0.5) is 0 Å². The molecule has 22 heavy (non-hydrogen) atoms. The summed E-state index contributed by atoms with van der Waals surface area (Å²) in [7, 11) is 0. The summed E-state index contributed by atoms with van der Waals surface area (Å²) in [5.41, 5.74) is 0. The quantitative estimate of drug-likeness (QED) is 0.343. The lowest BCUT2D eigenvalue weighted by molar-refractivity contribution is -0.145. The molecule has 1 unspecified atom stereocenters. The molecule has 0 saturated heterocycles. The monoisotopic (exact) mass is 309 g/mol. The summed E-state index contributed by atoms with van der Waals surface area (Å²) in [5.74, 6) is -0.741. The molecule has 3 N–H and O–H groups in total. The molecule has 0 saturated carbocycles. The Morgan fingerprint density at radius 1 is 1.00 bits per heavy atom. The summed E-state index contributed by atoms with van der Waals surface area (Å²) in [4.78, 5) is 13.2. The van der Waals surface area contributed by atoms with Crippen LogP contribution >= 0.6 is 0 Å². The van der Waals surface area contributed by atoms with E-state index in [0.29, 0.717) is 32.1 Å². The first-order valence-electron chi connectivity index (χ1n) is 6.78. The number of aliphatic hydroxyl groups is 1. The van der Waals surface area contributed by atoms with Gasteiger partial charge in [0.2, 0.25) is 0 Å². The second-order valence-corrected chi connectivity index (χ2v) is 4.30. The van der Waals surface area contributed by atoms with E-state index in [9.17, 15) is 4.79 Å². The molecule has 124 valence electrons. The van der Waals surface area contributed by atoms with Crippen molar-refractivity contribution in [3.8, 4) is 0 Å². The molecule has 0 spiro atoms. The minimum absolute atomic E-state index is 0.444. The van der Waals surface area contributed by atoms with E-state index in [-0.39, 0.29) is 0 Å². The van der Waals surface area contributed by atoms with E-state index < -0.39 is 12.1 Å². The summed E-state index contributed by atoms with van der Waals surface area (Å²) >= 11 is 0. The van der Waals surface area contributed by atoms with Gasteiger partial charge in [0.25, 0.3) is 0 Å². The molecule has 0 bridgehead atoms. The number of hydrogen-bond donors (Lipinski definition) is 3. The van der Waals surface area contributed by atoms with Gasteiger partial charge < -0.3 is 20.0 Å². The van der Waals surface area contributed by atoms with Crippen LogP contribution in [0.3, 0.4) is 0 Å². The van der Waals surface area contributed by atoms with E-state index >= 15 is 0 Å². The molecular formula is C16H27N3O3. The van der Waals surface area contributed by atoms with Crippen LogP contribution in [0.5, 0.6) is 0 Å². The highest BCUT2D eigenvalue weighted by atomic mass is 16.4. The average molecular weight is 309 g/mol. The minimum Gasteiger partial charge on any atom is -0.479 e. The Labute approximate surface area is 132 Å². The first-order chi connectivity index (χ1) is 10.3. The molecular weight excluding hydrogens is 282 g/mol. The number of hydrogen-bond acceptors (Lipinski definition) is 3. The highest BCUT2D eigenvalue weighted by Gasteiger charge is 2.12. The summed E-state index contributed by atoms with van der Waals surface area (Å²) < 4.78 is 0. The van der Waals surface area contributed by atoms with Crippen molar-refractivity contribution in [3.63, 3.8) is 0 Å². The fraction of sp³-hybridized carbons (Fsp3) is 0.375. The Balaban J connectivity index is 0. The highest BCUT2D eigenvalue weighted by Crippen LogP contribution is 1.99. The van der Waals surface area contributed by atoms with Gasteiger partial charge in [0, 0.05) is 26.2 Å². The molecule has 0 amide bonds. The molecule has 0 aromatic heterocycles. The zero-order valence-electron chi connectivity index (χ0n) is 13.2. The normalized spacial score (nSPS) is 10.3. The standard InChI is InChI=1S/C13H21N3.C3H6O3/c1-5-9-15(10-6-2)13(14)16(11-7-3)12-8-4;1-2(4)3(5)6/h5-8,14H,1-4,9-12H2;2,4H,1H3,(H,5,6). The molecule has 0 rings (SSSR count). The predicted molar refractivity (Wildman–Crippen MR) is 91.0 cm³/mol. The Kier molecular flexibility index (Phi) is 13.6. The predicted octanol–water partition coefficient (Wildman–Crippen LogP) is 1.72. The van der Waals surface area contributed by atoms with Crippen molar-refractivity contribution in [2.24, 2.45) is 0 Å². The third-order valence-corrected chi connectivity index (χ3v) is 2.35. The number of nitrogens with one attached hydrogen (secondary N) is 1. The Bertz CT molecular complexity index is 346. The number of aliphatic hydroxyl groups excluding tert-OH is 1. The third-order valence-electron chi connectivity index (χ3n) is 2.35. The van der Waals surface area contributed by atoms with Gasteiger partial charge in [-0.25, -0.2) is 4.79 Å². The van der Waals surface area contributed by atoms with Crippen molar-refractivity contribution in [3.05, 3.63) is 50.6 Å². The number of carboxylic acids is 1. The molecule has 0 radical (unpaired) electrons. The first kappa shape index (κ1) is 21.9. The third kappa shape index (κ3) is 10.4. The fourth-order valence-corrected chi connectivity index (χ4v) is 1.32. The smallest absolute Gasteiger partial charge is 0.332 e. The summed E-state index contributed by atoms with van der Waals surface area (Å²) in [6, 6.07) is 0. The zero-order valence-corrected chi connectivity index (χ0v) is 13.2. The van der Waals surface area contributed by atoms with Gasteiger partial charge in [-0.3, -0.25) is 5.41 Å². The number of guanidine groups is 1. The van der Waals surface area contributed by atoms with E-state index in [2.05, 4.69) is 26.3 Å². The number of aliphatic carboxylic acids is 1. The summed E-state index contributed by atoms with van der Waals surface area (Å²) in [6.45, 7) is 18.5. The van der Waals surface area contributed by atoms with E-state index in [4.69, 9.17) is 15.6 Å². The van der Waals surface area contributed by atoms with Gasteiger partial charge in [0.05, 0.1) is 0 Å². The van der Waals surface area contributed by atoms with Crippen LogP contribution in [-0.4, -0.2) is 64.2 Å². The summed E-state index contributed by atoms with van der Waals surface area (Å²) in [6.07, 6.45) is 5.87. The maximum absolute atomic E-state index is 9.45. The molecule has 6 heteroatoms. The lowest BCUT2D eigenvalue weighted by Gasteiger charge is -2.30. The van der Waals surface area contributed by atoms with Crippen molar-refractivity contribution in [2.75, 3.05) is 26.2 Å². The van der Waals surface area contributed by atoms with E-state index in [0.717, 1.165) is 0 Å². The van der Waals surface area contributed by atoms with Gasteiger partial charge in [0.15, 0.2) is 5.96 Å². The second kappa shape index (κ2) is 13.6. The van der Waals surface area contributed by atoms with Crippen LogP contribution < -0.4 is 0 Å². The van der Waals surface area contributed by atoms with Crippen molar-refractivity contribution in [1.29, 1.82) is 5.41 Å². The van der Waals surface area contributed by atoms with E-state index in [1.807, 2.05) is 9.80 Å². The van der Waals surface area contributed by atoms with Crippen LogP contribution in [-0.2, 0) is 4.79 Å². The largest absolute Gasteiger partial charge is 0.479 e. The van der Waals surface area contributed by atoms with Gasteiger partial charge >= 0.3 is 5.97 Å². The van der Waals surface area contributed by atoms with Crippen molar-refractivity contribution >= 4 is 11.9 Å². The molecule has 0 fully saturated rings. The second-order valence-electron chi connectivity index (χ2n) is 4.30. The van der Waals surface area contributed by atoms with Crippen LogP contribution in [0.15, 0.2) is 50.6 Å². The van der Waals surface area contributed by atoms with Crippen molar-refractivity contribution in [2.45, 2.75) is 13.0 Å². The van der Waals surface area contributed by atoms with Gasteiger partial charge in [-0.2, -0.15) is 0 Å². The minimum atomic E-state index is -1.23. The molecule has 6 nitrogen and oxygen atoms in total. The van der Waals surface area contributed by atoms with Crippen molar-refractivity contribution < 1.29 is 15.0 Å². The van der Waals surface area contributed by atoms with Gasteiger partial charge in [0.1, 0.15) is 6.10 Å². The van der Waals surface area contributed by atoms with Gasteiger partial charge in [-0.05, 0) is 6.92 Å². The lowest BCUT2D eigenvalue weighted by atomic mass is 10.4. The maximum atomic E-state index is 9.45. The Morgan fingerprint density at radius 3 is 1.36 bits per heavy atom. The van der Waals surface area contributed by atoms with Crippen molar-refractivity contribution in [1.82, 2.24) is 9.80 Å². The maximum Gasteiger partial charge on any atom is 0.332 e. The molecule has 0 aromatic rings. The van der Waals surface area contributed by atoms with Gasteiger partial charge in [-0.15, -0.1) is 26.3 Å². The molecule has 0 aliphatic rings. The lowest BCUT2D eigenvalue weighted by Crippen LogP contribution is -2.44. The van der Waals surface area contributed by atoms with Crippen LogP contribution in [0.25, 0.3) is 0 Å². The molecule has 0 aliphatic carbocycles. The molecule has 0 aliphatic heterocycles. The number of rotatable bonds is 9. The number of nitrogens with zero attached hydrogens (tertiary/aromatic N) is 2. The van der Waals surface area contributed by atoms with Crippen LogP contribution in [0, 0.1) is 5.41 Å². The SMILES string of the molecule is C=CCN(CC=C)C(=N)N(CC=C)CC=C.CC(O)C(=O)O. The van der Waals surface area contributed by atoms with Gasteiger partial charge in [-0.1, -0.05) is 24.3 Å². The number of carbonyl (C=O) groups is 1. The highest BCUT2D eigenvalue weighted by molar-refractivity contribution is 5.77. The summed E-state index contributed by atoms with van der Waals surface area (Å²) in [5, 5.41) is 23.8. The number of carboxylic acid groups (broad SMARTS) is 1. The van der Waals surface area contributed by atoms with Crippen LogP contribution in [0.2, 0.25) is 0 Å². The van der Waals surface area contributed by atoms with E-state index in [1.54, 1.807) is 24.3 Å². The first-order valence-corrected chi connectivity index (χ1v) is 6.78.